The molecule has 0 unspecified atom stereocenters. The Morgan fingerprint density at radius 1 is 0.808 bits per heavy atom. The maximum atomic E-state index is 15.2. The molecule has 0 bridgehead atoms. The van der Waals surface area contributed by atoms with Gasteiger partial charge in [0.15, 0.2) is 19.7 Å². The number of pyridine rings is 2. The summed E-state index contributed by atoms with van der Waals surface area (Å²) in [6.07, 6.45) is 9.10. The largest absolute Gasteiger partial charge is 0.412 e. The molecule has 4 fully saturated rings. The van der Waals surface area contributed by atoms with Crippen molar-refractivity contribution >= 4 is 53.3 Å². The average molecular weight is 782 g/mol. The summed E-state index contributed by atoms with van der Waals surface area (Å²) in [5.41, 5.74) is -2.88. The Kier molecular flexibility index (Phi) is 12.6. The van der Waals surface area contributed by atoms with E-state index in [2.05, 4.69) is 66.7 Å². The summed E-state index contributed by atoms with van der Waals surface area (Å²) in [5, 5.41) is 11.2. The molecule has 0 amide bonds. The summed E-state index contributed by atoms with van der Waals surface area (Å²) in [5.74, 6) is 0.195. The number of piperidine rings is 2. The van der Waals surface area contributed by atoms with Crippen LogP contribution in [0.1, 0.15) is 69.9 Å². The number of aromatic amines is 2. The van der Waals surface area contributed by atoms with E-state index in [-0.39, 0.29) is 33.1 Å². The highest BCUT2D eigenvalue weighted by Gasteiger charge is 2.43. The molecule has 0 radical (unpaired) electrons. The third kappa shape index (κ3) is 10.2. The molecule has 12 nitrogen and oxygen atoms in total. The topological polar surface area (TPSA) is 162 Å². The normalized spacial score (nSPS) is 20.4. The summed E-state index contributed by atoms with van der Waals surface area (Å²) in [7, 11) is -0.230. The van der Waals surface area contributed by atoms with Gasteiger partial charge in [-0.15, -0.1) is 0 Å². The zero-order chi connectivity index (χ0) is 37.9. The SMILES string of the molecule is CC1(O[Si](C)(C)C)CC1.CO.O=c1[nH]c(C2(F)CCN(C3CC3)CC2)nc2cnc(Cl)cc12.O=c1[nH]c(C2(F)CCNCC2)nc2cnc(Cl)cc12. The first-order valence-electron chi connectivity index (χ1n) is 17.6. The Bertz CT molecular complexity index is 1970. The zero-order valence-electron chi connectivity index (χ0n) is 30.3. The molecule has 2 aliphatic carbocycles. The van der Waals surface area contributed by atoms with E-state index in [4.69, 9.17) is 32.7 Å². The monoisotopic (exact) mass is 780 g/mol. The van der Waals surface area contributed by atoms with Crippen LogP contribution in [0, 0.1) is 0 Å². The molecule has 0 aromatic carbocycles. The maximum absolute atomic E-state index is 15.2. The minimum absolute atomic E-state index is 0.0793. The van der Waals surface area contributed by atoms with Crippen LogP contribution in [-0.2, 0) is 15.8 Å². The molecule has 284 valence electrons. The molecule has 2 saturated carbocycles. The van der Waals surface area contributed by atoms with Gasteiger partial charge in [-0.05, 0) is 77.5 Å². The first-order chi connectivity index (χ1) is 24.5. The lowest BCUT2D eigenvalue weighted by Gasteiger charge is -2.35. The summed E-state index contributed by atoms with van der Waals surface area (Å²) in [6, 6.07) is 3.52. The number of aromatic nitrogens is 6. The molecule has 4 aliphatic rings. The first-order valence-corrected chi connectivity index (χ1v) is 21.8. The molecular weight excluding hydrogens is 733 g/mol. The summed E-state index contributed by atoms with van der Waals surface area (Å²) in [4.78, 5) is 47.9. The van der Waals surface area contributed by atoms with Crippen molar-refractivity contribution in [2.75, 3.05) is 33.3 Å². The standard InChI is InChI=1S/C15H16ClFN4O.C12H12ClFN4O.C7H16OSi.CH4O/c16-12-7-10-11(8-18-12)19-14(20-13(10)22)15(17)3-5-21(6-4-15)9-1-2-9;13-9-5-7-8(6-16-9)17-11(18-10(7)19)12(14)1-3-15-4-2-12;1-7(5-6-7)8-9(2,3)4;1-2/h7-9H,1-6H2,(H,19,20,22);5-6,15H,1-4H2,(H,17,18,19);5-6H2,1-4H3;2H,1H3. The van der Waals surface area contributed by atoms with Gasteiger partial charge in [0.1, 0.15) is 22.0 Å². The lowest BCUT2D eigenvalue weighted by atomic mass is 9.92. The molecule has 2 aliphatic heterocycles. The number of rotatable bonds is 5. The highest BCUT2D eigenvalue weighted by Crippen LogP contribution is 2.41. The number of nitrogens with one attached hydrogen (secondary N) is 3. The maximum Gasteiger partial charge on any atom is 0.259 e. The van der Waals surface area contributed by atoms with Gasteiger partial charge in [0.05, 0.1) is 39.8 Å². The summed E-state index contributed by atoms with van der Waals surface area (Å²) >= 11 is 11.5. The van der Waals surface area contributed by atoms with Gasteiger partial charge >= 0.3 is 0 Å². The van der Waals surface area contributed by atoms with Crippen molar-refractivity contribution in [3.8, 4) is 0 Å². The van der Waals surface area contributed by atoms with E-state index in [9.17, 15) is 14.0 Å². The fraction of sp³-hybridized carbons (Fsp3) is 0.600. The van der Waals surface area contributed by atoms with Crippen LogP contribution in [0.25, 0.3) is 21.8 Å². The Hall–Kier alpha value is -2.92. The van der Waals surface area contributed by atoms with E-state index in [1.807, 2.05) is 0 Å². The second kappa shape index (κ2) is 16.2. The van der Waals surface area contributed by atoms with E-state index >= 15 is 4.39 Å². The van der Waals surface area contributed by atoms with Gasteiger partial charge < -0.3 is 29.7 Å². The van der Waals surface area contributed by atoms with Gasteiger partial charge in [-0.3, -0.25) is 9.59 Å². The van der Waals surface area contributed by atoms with E-state index in [1.165, 1.54) is 50.2 Å². The van der Waals surface area contributed by atoms with Crippen LogP contribution in [0.15, 0.2) is 34.1 Å². The van der Waals surface area contributed by atoms with Crippen molar-refractivity contribution in [3.63, 3.8) is 0 Å². The molecule has 4 aromatic heterocycles. The van der Waals surface area contributed by atoms with Gasteiger partial charge in [0, 0.05) is 51.9 Å². The Morgan fingerprint density at radius 3 is 1.63 bits per heavy atom. The quantitative estimate of drug-likeness (QED) is 0.142. The second-order valence-corrected chi connectivity index (χ2v) is 20.2. The number of hydrogen-bond donors (Lipinski definition) is 4. The van der Waals surface area contributed by atoms with Gasteiger partial charge in [0.25, 0.3) is 11.1 Å². The molecule has 4 N–H and O–H groups in total. The number of hydrogen-bond acceptors (Lipinski definition) is 10. The summed E-state index contributed by atoms with van der Waals surface area (Å²) < 4.78 is 35.9. The number of halogens is 4. The second-order valence-electron chi connectivity index (χ2n) is 15.0. The number of H-pyrrole nitrogens is 2. The molecule has 2 saturated heterocycles. The van der Waals surface area contributed by atoms with Crippen molar-refractivity contribution in [2.24, 2.45) is 0 Å². The number of aliphatic hydroxyl groups excluding tert-OH is 1. The zero-order valence-corrected chi connectivity index (χ0v) is 32.8. The van der Waals surface area contributed by atoms with Crippen LogP contribution in [-0.4, -0.2) is 93.2 Å². The number of likely N-dealkylation sites (tertiary alicyclic amines) is 1. The lowest BCUT2D eigenvalue weighted by molar-refractivity contribution is 0.0451. The molecular formula is C35H48Cl2F2N8O4Si. The molecule has 17 heteroatoms. The fourth-order valence-corrected chi connectivity index (χ4v) is 8.45. The molecule has 52 heavy (non-hydrogen) atoms. The van der Waals surface area contributed by atoms with Crippen molar-refractivity contribution in [3.05, 3.63) is 67.2 Å². The predicted molar refractivity (Wildman–Crippen MR) is 202 cm³/mol. The minimum Gasteiger partial charge on any atom is -0.412 e. The fourth-order valence-electron chi connectivity index (χ4n) is 6.46. The van der Waals surface area contributed by atoms with E-state index < -0.39 is 19.7 Å². The van der Waals surface area contributed by atoms with Crippen LogP contribution >= 0.6 is 23.2 Å². The molecule has 8 rings (SSSR count). The summed E-state index contributed by atoms with van der Waals surface area (Å²) in [6.45, 7) is 11.5. The van der Waals surface area contributed by atoms with E-state index in [0.717, 1.165) is 7.11 Å². The van der Waals surface area contributed by atoms with Crippen molar-refractivity contribution < 1.29 is 18.3 Å². The predicted octanol–water partition coefficient (Wildman–Crippen LogP) is 5.91. The van der Waals surface area contributed by atoms with Crippen LogP contribution < -0.4 is 16.4 Å². The Labute approximate surface area is 312 Å². The average Bonchev–Trinajstić information content (AvgIpc) is 4.05. The molecule has 4 aromatic rings. The van der Waals surface area contributed by atoms with Crippen LogP contribution in [0.2, 0.25) is 29.9 Å². The number of aliphatic hydroxyl groups is 1. The van der Waals surface area contributed by atoms with E-state index in [1.54, 1.807) is 0 Å². The molecule has 0 atom stereocenters. The van der Waals surface area contributed by atoms with E-state index in [0.29, 0.717) is 85.3 Å². The van der Waals surface area contributed by atoms with Crippen LogP contribution in [0.3, 0.4) is 0 Å². The van der Waals surface area contributed by atoms with Crippen molar-refractivity contribution in [2.45, 2.75) is 101 Å². The third-order valence-corrected chi connectivity index (χ3v) is 11.0. The smallest absolute Gasteiger partial charge is 0.259 e. The number of fused-ring (bicyclic) bond motifs is 2. The van der Waals surface area contributed by atoms with Crippen LogP contribution in [0.4, 0.5) is 8.78 Å². The number of nitrogens with zero attached hydrogens (tertiary/aromatic N) is 5. The first kappa shape index (κ1) is 40.3. The Balaban J connectivity index is 0.000000159. The van der Waals surface area contributed by atoms with Crippen molar-refractivity contribution in [1.29, 1.82) is 0 Å². The van der Waals surface area contributed by atoms with Gasteiger partial charge in [-0.25, -0.2) is 28.7 Å². The highest BCUT2D eigenvalue weighted by molar-refractivity contribution is 6.69. The molecule has 0 spiro atoms. The van der Waals surface area contributed by atoms with Gasteiger partial charge in [-0.1, -0.05) is 23.2 Å². The van der Waals surface area contributed by atoms with Crippen LogP contribution in [0.5, 0.6) is 0 Å². The van der Waals surface area contributed by atoms with Gasteiger partial charge in [0.2, 0.25) is 0 Å². The third-order valence-electron chi connectivity index (χ3n) is 9.52. The highest BCUT2D eigenvalue weighted by atomic mass is 35.5. The van der Waals surface area contributed by atoms with Gasteiger partial charge in [-0.2, -0.15) is 0 Å². The minimum atomic E-state index is -1.59. The number of alkyl halides is 2. The van der Waals surface area contributed by atoms with Crippen molar-refractivity contribution in [1.82, 2.24) is 40.1 Å². The Morgan fingerprint density at radius 2 is 1.25 bits per heavy atom. The molecule has 6 heterocycles. The lowest BCUT2D eigenvalue weighted by Crippen LogP contribution is -2.42.